The van der Waals surface area contributed by atoms with Crippen LogP contribution >= 0.6 is 0 Å². The Hall–Kier alpha value is -3.18. The Morgan fingerprint density at radius 2 is 1.76 bits per heavy atom. The summed E-state index contributed by atoms with van der Waals surface area (Å²) in [5, 5.41) is 11.3. The molecule has 2 heterocycles. The summed E-state index contributed by atoms with van der Waals surface area (Å²) in [4.78, 5) is 27.4. The maximum absolute atomic E-state index is 13.2. The van der Waals surface area contributed by atoms with E-state index in [1.54, 1.807) is 36.1 Å². The molecule has 5 nitrogen and oxygen atoms in total. The maximum Gasteiger partial charge on any atom is 0.264 e. The van der Waals surface area contributed by atoms with E-state index in [0.717, 1.165) is 12.8 Å². The van der Waals surface area contributed by atoms with Crippen molar-refractivity contribution >= 4 is 17.4 Å². The van der Waals surface area contributed by atoms with Gasteiger partial charge in [-0.25, -0.2) is 0 Å². The fourth-order valence-electron chi connectivity index (χ4n) is 3.89. The first kappa shape index (κ1) is 19.2. The number of furan rings is 1. The first-order valence-electron chi connectivity index (χ1n) is 9.76. The van der Waals surface area contributed by atoms with Crippen LogP contribution in [0, 0.1) is 6.92 Å². The molecule has 148 valence electrons. The van der Waals surface area contributed by atoms with Crippen molar-refractivity contribution in [1.82, 2.24) is 0 Å². The highest BCUT2D eigenvalue weighted by atomic mass is 16.3. The molecule has 0 saturated heterocycles. The van der Waals surface area contributed by atoms with Crippen LogP contribution < -0.4 is 4.90 Å². The number of hydrogen-bond donors (Lipinski definition) is 1. The predicted molar refractivity (Wildman–Crippen MR) is 110 cm³/mol. The van der Waals surface area contributed by atoms with Crippen LogP contribution in [0.1, 0.15) is 40.3 Å². The van der Waals surface area contributed by atoms with Crippen LogP contribution in [-0.4, -0.2) is 23.3 Å². The zero-order valence-electron chi connectivity index (χ0n) is 16.3. The van der Waals surface area contributed by atoms with E-state index in [-0.39, 0.29) is 12.2 Å². The molecule has 29 heavy (non-hydrogen) atoms. The van der Waals surface area contributed by atoms with E-state index >= 15 is 0 Å². The third-order valence-electron chi connectivity index (χ3n) is 5.36. The molecule has 1 N–H and O–H groups in total. The van der Waals surface area contributed by atoms with Crippen LogP contribution in [0.25, 0.3) is 0 Å². The number of ketones is 1. The number of para-hydroxylation sites is 1. The van der Waals surface area contributed by atoms with E-state index in [0.29, 0.717) is 23.6 Å². The largest absolute Gasteiger partial charge is 0.458 e. The standard InChI is InChI=1S/C24H23NO4/c1-17-13-14-22(29-17)21(26)16-24(28)19-11-5-6-12-20(19)25(23(24)27)15-7-10-18-8-3-2-4-9-18/h2-6,8-9,11-14,28H,7,10,15-16H2,1H3. The minimum absolute atomic E-state index is 0.156. The van der Waals surface area contributed by atoms with Gasteiger partial charge in [-0.2, -0.15) is 0 Å². The Morgan fingerprint density at radius 1 is 1.03 bits per heavy atom. The topological polar surface area (TPSA) is 70.8 Å². The summed E-state index contributed by atoms with van der Waals surface area (Å²) in [5.74, 6) is -0.0805. The number of amides is 1. The van der Waals surface area contributed by atoms with Gasteiger partial charge in [-0.1, -0.05) is 48.5 Å². The molecular formula is C24H23NO4. The molecule has 0 radical (unpaired) electrons. The van der Waals surface area contributed by atoms with Crippen LogP contribution in [0.4, 0.5) is 5.69 Å². The van der Waals surface area contributed by atoms with Gasteiger partial charge >= 0.3 is 0 Å². The molecule has 0 bridgehead atoms. The average Bonchev–Trinajstić information content (AvgIpc) is 3.25. The van der Waals surface area contributed by atoms with Gasteiger partial charge in [-0.05, 0) is 43.5 Å². The summed E-state index contributed by atoms with van der Waals surface area (Å²) in [5.41, 5.74) is 0.463. The molecular weight excluding hydrogens is 366 g/mol. The number of carbonyl (C=O) groups excluding carboxylic acids is 2. The van der Waals surface area contributed by atoms with Crippen molar-refractivity contribution in [2.75, 3.05) is 11.4 Å². The quantitative estimate of drug-likeness (QED) is 0.620. The number of rotatable bonds is 7. The van der Waals surface area contributed by atoms with Gasteiger partial charge in [0.1, 0.15) is 5.76 Å². The van der Waals surface area contributed by atoms with Crippen molar-refractivity contribution in [1.29, 1.82) is 0 Å². The van der Waals surface area contributed by atoms with Gasteiger partial charge in [0, 0.05) is 12.1 Å². The summed E-state index contributed by atoms with van der Waals surface area (Å²) < 4.78 is 5.38. The summed E-state index contributed by atoms with van der Waals surface area (Å²) in [6, 6.07) is 20.5. The van der Waals surface area contributed by atoms with E-state index in [9.17, 15) is 14.7 Å². The van der Waals surface area contributed by atoms with Crippen molar-refractivity contribution in [3.63, 3.8) is 0 Å². The van der Waals surface area contributed by atoms with E-state index in [2.05, 4.69) is 12.1 Å². The van der Waals surface area contributed by atoms with Crippen LogP contribution in [0.2, 0.25) is 0 Å². The fourth-order valence-corrected chi connectivity index (χ4v) is 3.89. The highest BCUT2D eigenvalue weighted by Crippen LogP contribution is 2.43. The molecule has 1 unspecified atom stereocenters. The van der Waals surface area contributed by atoms with Crippen molar-refractivity contribution in [3.8, 4) is 0 Å². The smallest absolute Gasteiger partial charge is 0.264 e. The molecule has 1 aliphatic heterocycles. The number of benzene rings is 2. The van der Waals surface area contributed by atoms with Crippen LogP contribution in [0.5, 0.6) is 0 Å². The van der Waals surface area contributed by atoms with Gasteiger partial charge in [-0.15, -0.1) is 0 Å². The first-order chi connectivity index (χ1) is 14.0. The van der Waals surface area contributed by atoms with E-state index in [1.165, 1.54) is 5.56 Å². The average molecular weight is 389 g/mol. The molecule has 3 aromatic rings. The number of Topliss-reactive ketones (excluding diaryl/α,β-unsaturated/α-hetero) is 1. The summed E-state index contributed by atoms with van der Waals surface area (Å²) in [7, 11) is 0. The van der Waals surface area contributed by atoms with Gasteiger partial charge in [-0.3, -0.25) is 9.59 Å². The van der Waals surface area contributed by atoms with Gasteiger partial charge in [0.25, 0.3) is 5.91 Å². The lowest BCUT2D eigenvalue weighted by Crippen LogP contribution is -2.42. The van der Waals surface area contributed by atoms with E-state index < -0.39 is 17.3 Å². The maximum atomic E-state index is 13.2. The lowest BCUT2D eigenvalue weighted by Gasteiger charge is -2.22. The molecule has 4 rings (SSSR count). The molecule has 1 aliphatic rings. The highest BCUT2D eigenvalue weighted by molar-refractivity contribution is 6.10. The fraction of sp³-hybridized carbons (Fsp3) is 0.250. The molecule has 0 aliphatic carbocycles. The van der Waals surface area contributed by atoms with Crippen molar-refractivity contribution in [2.24, 2.45) is 0 Å². The van der Waals surface area contributed by atoms with Gasteiger partial charge < -0.3 is 14.4 Å². The lowest BCUT2D eigenvalue weighted by atomic mass is 9.89. The Bertz CT molecular complexity index is 1040. The normalized spacial score (nSPS) is 18.1. The van der Waals surface area contributed by atoms with E-state index in [1.807, 2.05) is 30.3 Å². The van der Waals surface area contributed by atoms with Crippen molar-refractivity contribution < 1.29 is 19.1 Å². The first-order valence-corrected chi connectivity index (χ1v) is 9.76. The third-order valence-corrected chi connectivity index (χ3v) is 5.36. The minimum atomic E-state index is -1.87. The second-order valence-electron chi connectivity index (χ2n) is 7.43. The number of nitrogens with zero attached hydrogens (tertiary/aromatic N) is 1. The number of aliphatic hydroxyl groups is 1. The predicted octanol–water partition coefficient (Wildman–Crippen LogP) is 4.03. The SMILES string of the molecule is Cc1ccc(C(=O)CC2(O)C(=O)N(CCCc3ccccc3)c3ccccc32)o1. The zero-order valence-corrected chi connectivity index (χ0v) is 16.3. The number of hydrogen-bond acceptors (Lipinski definition) is 4. The second-order valence-corrected chi connectivity index (χ2v) is 7.43. The van der Waals surface area contributed by atoms with Crippen LogP contribution in [0.15, 0.2) is 71.1 Å². The lowest BCUT2D eigenvalue weighted by molar-refractivity contribution is -0.135. The van der Waals surface area contributed by atoms with Crippen molar-refractivity contribution in [2.45, 2.75) is 31.8 Å². The third kappa shape index (κ3) is 3.61. The summed E-state index contributed by atoms with van der Waals surface area (Å²) in [6.45, 7) is 2.22. The Balaban J connectivity index is 1.54. The Kier molecular flexibility index (Phi) is 5.07. The van der Waals surface area contributed by atoms with Gasteiger partial charge in [0.05, 0.1) is 12.1 Å². The number of anilines is 1. The monoisotopic (exact) mass is 389 g/mol. The summed E-state index contributed by atoms with van der Waals surface area (Å²) >= 11 is 0. The van der Waals surface area contributed by atoms with Gasteiger partial charge in [0.2, 0.25) is 5.78 Å². The molecule has 1 aromatic heterocycles. The molecule has 5 heteroatoms. The zero-order chi connectivity index (χ0) is 20.4. The molecule has 1 atom stereocenters. The summed E-state index contributed by atoms with van der Waals surface area (Å²) in [6.07, 6.45) is 1.24. The molecule has 2 aromatic carbocycles. The van der Waals surface area contributed by atoms with Gasteiger partial charge in [0.15, 0.2) is 11.4 Å². The number of aryl methyl sites for hydroxylation is 2. The highest BCUT2D eigenvalue weighted by Gasteiger charge is 2.50. The number of fused-ring (bicyclic) bond motifs is 1. The van der Waals surface area contributed by atoms with Crippen LogP contribution in [0.3, 0.4) is 0 Å². The van der Waals surface area contributed by atoms with Crippen molar-refractivity contribution in [3.05, 3.63) is 89.4 Å². The van der Waals surface area contributed by atoms with Crippen LogP contribution in [-0.2, 0) is 16.8 Å². The number of carbonyl (C=O) groups is 2. The Labute approximate surface area is 169 Å². The molecule has 0 saturated carbocycles. The second kappa shape index (κ2) is 7.68. The molecule has 1 amide bonds. The Morgan fingerprint density at radius 3 is 2.48 bits per heavy atom. The molecule has 0 spiro atoms. The molecule has 0 fully saturated rings. The minimum Gasteiger partial charge on any atom is -0.458 e. The van der Waals surface area contributed by atoms with E-state index in [4.69, 9.17) is 4.42 Å².